The topological polar surface area (TPSA) is 56.3 Å². The van der Waals surface area contributed by atoms with E-state index in [1.54, 1.807) is 0 Å². The van der Waals surface area contributed by atoms with E-state index in [1.807, 2.05) is 24.0 Å². The molecule has 2 N–H and O–H groups in total. The fourth-order valence-electron chi connectivity index (χ4n) is 3.11. The Labute approximate surface area is 145 Å². The molecule has 0 radical (unpaired) electrons. The van der Waals surface area contributed by atoms with Crippen LogP contribution in [-0.4, -0.2) is 37.3 Å². The summed E-state index contributed by atoms with van der Waals surface area (Å²) in [5.74, 6) is 0. The number of nitrogens with two attached hydrogens (primary N) is 1. The second-order valence-corrected chi connectivity index (χ2v) is 13.2. The number of fused-ring (bicyclic) bond motifs is 1. The number of nitrogen functional groups attached to an aromatic ring is 1. The SMILES string of the molecule is Cn1ncc2cc(N3CC[C@@H](O[Si](C)(C)C(C)(C)C)C3)c(N)cc21. The molecule has 0 saturated carbocycles. The van der Waals surface area contributed by atoms with Crippen LogP contribution in [0.2, 0.25) is 18.1 Å². The minimum atomic E-state index is -1.73. The van der Waals surface area contributed by atoms with Crippen LogP contribution in [0, 0.1) is 0 Å². The zero-order valence-corrected chi connectivity index (χ0v) is 16.8. The van der Waals surface area contributed by atoms with Gasteiger partial charge in [0.15, 0.2) is 8.32 Å². The Kier molecular flexibility index (Phi) is 4.16. The number of hydrogen-bond donors (Lipinski definition) is 1. The van der Waals surface area contributed by atoms with Gasteiger partial charge in [-0.25, -0.2) is 0 Å². The first kappa shape index (κ1) is 17.3. The van der Waals surface area contributed by atoms with E-state index in [9.17, 15) is 0 Å². The van der Waals surface area contributed by atoms with Crippen LogP contribution in [0.1, 0.15) is 27.2 Å². The molecule has 1 atom stereocenters. The second kappa shape index (κ2) is 5.77. The van der Waals surface area contributed by atoms with Gasteiger partial charge in [0, 0.05) is 25.5 Å². The maximum Gasteiger partial charge on any atom is 0.192 e. The molecule has 0 amide bonds. The van der Waals surface area contributed by atoms with Crippen LogP contribution in [0.4, 0.5) is 11.4 Å². The molecule has 1 aliphatic heterocycles. The fourth-order valence-corrected chi connectivity index (χ4v) is 4.49. The van der Waals surface area contributed by atoms with E-state index >= 15 is 0 Å². The third kappa shape index (κ3) is 3.05. The Morgan fingerprint density at radius 1 is 1.29 bits per heavy atom. The number of anilines is 2. The number of aryl methyl sites for hydroxylation is 1. The number of nitrogens with zero attached hydrogens (tertiary/aromatic N) is 3. The molecule has 1 aromatic heterocycles. The largest absolute Gasteiger partial charge is 0.412 e. The maximum atomic E-state index is 6.59. The lowest BCUT2D eigenvalue weighted by Gasteiger charge is -2.38. The standard InChI is InChI=1S/C18H30N4OSi/c1-18(2,3)24(5,6)23-14-7-8-22(12-14)17-9-13-11-20-21(4)16(13)10-15(17)19/h9-11,14H,7-8,12,19H2,1-6H3/t14-/m1/s1. The maximum absolute atomic E-state index is 6.59. The van der Waals surface area contributed by atoms with Crippen molar-refractivity contribution in [3.05, 3.63) is 18.3 Å². The summed E-state index contributed by atoms with van der Waals surface area (Å²) in [4.78, 5) is 2.36. The van der Waals surface area contributed by atoms with Crippen LogP contribution in [-0.2, 0) is 11.5 Å². The van der Waals surface area contributed by atoms with Crippen molar-refractivity contribution in [3.8, 4) is 0 Å². The van der Waals surface area contributed by atoms with Crippen LogP contribution < -0.4 is 10.6 Å². The number of hydrogen-bond acceptors (Lipinski definition) is 4. The van der Waals surface area contributed by atoms with Gasteiger partial charge >= 0.3 is 0 Å². The zero-order valence-electron chi connectivity index (χ0n) is 15.8. The molecule has 0 bridgehead atoms. The Hall–Kier alpha value is -1.53. The molecule has 2 heterocycles. The van der Waals surface area contributed by atoms with E-state index in [-0.39, 0.29) is 5.04 Å². The van der Waals surface area contributed by atoms with Gasteiger partial charge in [-0.05, 0) is 36.7 Å². The van der Waals surface area contributed by atoms with Crippen LogP contribution >= 0.6 is 0 Å². The summed E-state index contributed by atoms with van der Waals surface area (Å²) in [6, 6.07) is 4.19. The van der Waals surface area contributed by atoms with Crippen LogP contribution in [0.3, 0.4) is 0 Å². The molecule has 132 valence electrons. The molecular weight excluding hydrogens is 316 g/mol. The van der Waals surface area contributed by atoms with Crippen molar-refractivity contribution < 1.29 is 4.43 Å². The summed E-state index contributed by atoms with van der Waals surface area (Å²) in [6.07, 6.45) is 3.27. The highest BCUT2D eigenvalue weighted by molar-refractivity contribution is 6.74. The molecule has 0 unspecified atom stereocenters. The van der Waals surface area contributed by atoms with E-state index in [0.29, 0.717) is 6.10 Å². The van der Waals surface area contributed by atoms with E-state index < -0.39 is 8.32 Å². The average molecular weight is 347 g/mol. The quantitative estimate of drug-likeness (QED) is 0.679. The van der Waals surface area contributed by atoms with Gasteiger partial charge in [-0.2, -0.15) is 5.10 Å². The summed E-state index contributed by atoms with van der Waals surface area (Å²) in [5.41, 5.74) is 9.32. The molecule has 1 fully saturated rings. The number of rotatable bonds is 3. The van der Waals surface area contributed by atoms with Crippen molar-refractivity contribution in [2.75, 3.05) is 23.7 Å². The minimum absolute atomic E-state index is 0.244. The highest BCUT2D eigenvalue weighted by atomic mass is 28.4. The van der Waals surface area contributed by atoms with Crippen molar-refractivity contribution in [2.45, 2.75) is 51.4 Å². The molecule has 2 aromatic rings. The minimum Gasteiger partial charge on any atom is -0.412 e. The van der Waals surface area contributed by atoms with E-state index in [1.165, 1.54) is 0 Å². The first-order valence-corrected chi connectivity index (χ1v) is 11.6. The summed E-state index contributed by atoms with van der Waals surface area (Å²) in [5, 5.41) is 5.70. The average Bonchev–Trinajstić information content (AvgIpc) is 3.04. The normalized spacial score (nSPS) is 19.4. The molecule has 1 aliphatic rings. The van der Waals surface area contributed by atoms with E-state index in [2.05, 4.69) is 49.9 Å². The molecule has 3 rings (SSSR count). The Morgan fingerprint density at radius 2 is 2.00 bits per heavy atom. The van der Waals surface area contributed by atoms with Gasteiger partial charge in [0.1, 0.15) is 0 Å². The highest BCUT2D eigenvalue weighted by Crippen LogP contribution is 2.39. The predicted octanol–water partition coefficient (Wildman–Crippen LogP) is 3.76. The monoisotopic (exact) mass is 346 g/mol. The van der Waals surface area contributed by atoms with Gasteiger partial charge in [-0.3, -0.25) is 4.68 Å². The van der Waals surface area contributed by atoms with Gasteiger partial charge in [-0.1, -0.05) is 20.8 Å². The highest BCUT2D eigenvalue weighted by Gasteiger charge is 2.40. The molecule has 0 spiro atoms. The van der Waals surface area contributed by atoms with Crippen LogP contribution in [0.5, 0.6) is 0 Å². The smallest absolute Gasteiger partial charge is 0.192 e. The summed E-state index contributed by atoms with van der Waals surface area (Å²) in [7, 11) is 0.219. The van der Waals surface area contributed by atoms with Gasteiger partial charge in [0.25, 0.3) is 0 Å². The van der Waals surface area contributed by atoms with Crippen LogP contribution in [0.15, 0.2) is 18.3 Å². The van der Waals surface area contributed by atoms with Gasteiger partial charge in [-0.15, -0.1) is 0 Å². The lowest BCUT2D eigenvalue weighted by molar-refractivity contribution is 0.202. The molecule has 5 nitrogen and oxygen atoms in total. The van der Waals surface area contributed by atoms with Gasteiger partial charge < -0.3 is 15.1 Å². The lowest BCUT2D eigenvalue weighted by Crippen LogP contribution is -2.44. The Morgan fingerprint density at radius 3 is 2.67 bits per heavy atom. The van der Waals surface area contributed by atoms with Gasteiger partial charge in [0.05, 0.1) is 29.2 Å². The van der Waals surface area contributed by atoms with Gasteiger partial charge in [0.2, 0.25) is 0 Å². The Balaban J connectivity index is 1.77. The van der Waals surface area contributed by atoms with Crippen molar-refractivity contribution >= 4 is 30.6 Å². The molecule has 6 heteroatoms. The molecule has 0 aliphatic carbocycles. The zero-order chi connectivity index (χ0) is 17.7. The Bertz CT molecular complexity index is 747. The van der Waals surface area contributed by atoms with Crippen molar-refractivity contribution in [1.82, 2.24) is 9.78 Å². The van der Waals surface area contributed by atoms with Crippen molar-refractivity contribution in [3.63, 3.8) is 0 Å². The molecule has 24 heavy (non-hydrogen) atoms. The molecular formula is C18H30N4OSi. The first-order valence-electron chi connectivity index (χ1n) is 8.72. The van der Waals surface area contributed by atoms with Crippen molar-refractivity contribution in [1.29, 1.82) is 0 Å². The predicted molar refractivity (Wildman–Crippen MR) is 104 cm³/mol. The summed E-state index contributed by atoms with van der Waals surface area (Å²) < 4.78 is 8.45. The summed E-state index contributed by atoms with van der Waals surface area (Å²) >= 11 is 0. The van der Waals surface area contributed by atoms with E-state index in [0.717, 1.165) is 41.8 Å². The third-order valence-electron chi connectivity index (χ3n) is 5.65. The van der Waals surface area contributed by atoms with Crippen molar-refractivity contribution in [2.24, 2.45) is 7.05 Å². The number of benzene rings is 1. The first-order chi connectivity index (χ1) is 11.1. The van der Waals surface area contributed by atoms with Crippen LogP contribution in [0.25, 0.3) is 10.9 Å². The van der Waals surface area contributed by atoms with E-state index in [4.69, 9.17) is 10.2 Å². The third-order valence-corrected chi connectivity index (χ3v) is 10.2. The number of aromatic nitrogens is 2. The second-order valence-electron chi connectivity index (χ2n) is 8.47. The summed E-state index contributed by atoms with van der Waals surface area (Å²) in [6.45, 7) is 13.4. The fraction of sp³-hybridized carbons (Fsp3) is 0.611. The lowest BCUT2D eigenvalue weighted by atomic mass is 10.2. The molecule has 1 saturated heterocycles. The molecule has 1 aromatic carbocycles.